The predicted octanol–water partition coefficient (Wildman–Crippen LogP) is 11.4. The fourth-order valence-corrected chi connectivity index (χ4v) is 6.67. The van der Waals surface area contributed by atoms with Gasteiger partial charge in [0.1, 0.15) is 0 Å². The highest BCUT2D eigenvalue weighted by Crippen LogP contribution is 2.40. The molecule has 5 heteroatoms. The lowest BCUT2D eigenvalue weighted by Crippen LogP contribution is -2.10. The third kappa shape index (κ3) is 5.37. The van der Waals surface area contributed by atoms with Gasteiger partial charge in [0.2, 0.25) is 5.95 Å². The number of nitrogens with zero attached hydrogens (tertiary/aromatic N) is 5. The maximum atomic E-state index is 5.09. The van der Waals surface area contributed by atoms with Crippen LogP contribution in [0, 0.1) is 0 Å². The van der Waals surface area contributed by atoms with E-state index in [4.69, 9.17) is 15.0 Å². The first-order valence-electron chi connectivity index (χ1n) is 16.7. The van der Waals surface area contributed by atoms with Gasteiger partial charge in [-0.1, -0.05) is 140 Å². The van der Waals surface area contributed by atoms with Gasteiger partial charge in [-0.15, -0.1) is 0 Å². The average molecular weight is 642 g/mol. The molecule has 2 aromatic heterocycles. The fourth-order valence-electron chi connectivity index (χ4n) is 6.67. The van der Waals surface area contributed by atoms with Gasteiger partial charge in [-0.2, -0.15) is 9.97 Å². The highest BCUT2D eigenvalue weighted by atomic mass is 15.2. The minimum absolute atomic E-state index is 0.577. The van der Waals surface area contributed by atoms with Gasteiger partial charge in [-0.3, -0.25) is 4.57 Å². The van der Waals surface area contributed by atoms with Crippen molar-refractivity contribution in [3.05, 3.63) is 188 Å². The standard InChI is InChI=1S/C45H31N5/c1-5-15-32(16-6-1)33-25-27-37(28-26-33)49(36-21-11-4-12-22-36)38-29-30-42-40(31-38)39-23-13-14-24-41(39)50(42)45-47-43(34-17-7-2-8-18-34)46-44(48-45)35-19-9-3-10-20-35/h1-31H. The Balaban J connectivity index is 1.23. The second kappa shape index (κ2) is 12.6. The summed E-state index contributed by atoms with van der Waals surface area (Å²) in [6.07, 6.45) is 0. The van der Waals surface area contributed by atoms with E-state index in [1.54, 1.807) is 0 Å². The van der Waals surface area contributed by atoms with E-state index in [9.17, 15) is 0 Å². The number of anilines is 3. The first kappa shape index (κ1) is 29.3. The lowest BCUT2D eigenvalue weighted by atomic mass is 10.0. The second-order valence-electron chi connectivity index (χ2n) is 12.2. The topological polar surface area (TPSA) is 46.8 Å². The molecule has 0 bridgehead atoms. The molecule has 0 saturated carbocycles. The van der Waals surface area contributed by atoms with Crippen LogP contribution in [0.2, 0.25) is 0 Å². The minimum atomic E-state index is 0.577. The highest BCUT2D eigenvalue weighted by molar-refractivity contribution is 6.10. The second-order valence-corrected chi connectivity index (χ2v) is 12.2. The zero-order valence-corrected chi connectivity index (χ0v) is 27.1. The molecule has 9 rings (SSSR count). The molecule has 0 fully saturated rings. The van der Waals surface area contributed by atoms with E-state index >= 15 is 0 Å². The molecule has 0 N–H and O–H groups in total. The zero-order chi connectivity index (χ0) is 33.3. The van der Waals surface area contributed by atoms with Gasteiger partial charge < -0.3 is 4.90 Å². The largest absolute Gasteiger partial charge is 0.310 e. The summed E-state index contributed by atoms with van der Waals surface area (Å²) in [5.74, 6) is 1.84. The van der Waals surface area contributed by atoms with Crippen molar-refractivity contribution in [3.63, 3.8) is 0 Å². The predicted molar refractivity (Wildman–Crippen MR) is 205 cm³/mol. The summed E-state index contributed by atoms with van der Waals surface area (Å²) in [6.45, 7) is 0. The molecule has 0 aliphatic heterocycles. The molecular formula is C45H31N5. The van der Waals surface area contributed by atoms with E-state index in [-0.39, 0.29) is 0 Å². The summed E-state index contributed by atoms with van der Waals surface area (Å²) in [7, 11) is 0. The van der Waals surface area contributed by atoms with Crippen LogP contribution in [-0.4, -0.2) is 19.5 Å². The van der Waals surface area contributed by atoms with Crippen LogP contribution in [0.5, 0.6) is 0 Å². The zero-order valence-electron chi connectivity index (χ0n) is 27.1. The molecular weight excluding hydrogens is 611 g/mol. The summed E-state index contributed by atoms with van der Waals surface area (Å²) in [4.78, 5) is 17.4. The molecule has 0 aliphatic rings. The Morgan fingerprint density at radius 1 is 0.340 bits per heavy atom. The summed E-state index contributed by atoms with van der Waals surface area (Å²) in [6, 6.07) is 65.1. The molecule has 7 aromatic carbocycles. The van der Waals surface area contributed by atoms with Crippen molar-refractivity contribution in [2.24, 2.45) is 0 Å². The summed E-state index contributed by atoms with van der Waals surface area (Å²) in [5, 5.41) is 2.24. The number of aromatic nitrogens is 4. The monoisotopic (exact) mass is 641 g/mol. The Morgan fingerprint density at radius 3 is 1.42 bits per heavy atom. The van der Waals surface area contributed by atoms with Crippen LogP contribution in [0.4, 0.5) is 17.1 Å². The van der Waals surface area contributed by atoms with E-state index in [2.05, 4.69) is 131 Å². The summed E-state index contributed by atoms with van der Waals surface area (Å²) in [5.41, 5.74) is 9.53. The van der Waals surface area contributed by atoms with E-state index < -0.39 is 0 Å². The Bertz CT molecular complexity index is 2510. The molecule has 9 aromatic rings. The molecule has 0 amide bonds. The third-order valence-electron chi connectivity index (χ3n) is 9.05. The summed E-state index contributed by atoms with van der Waals surface area (Å²) < 4.78 is 2.16. The van der Waals surface area contributed by atoms with Gasteiger partial charge in [0.05, 0.1) is 11.0 Å². The lowest BCUT2D eigenvalue weighted by molar-refractivity contribution is 0.953. The number of fused-ring (bicyclic) bond motifs is 3. The molecule has 0 spiro atoms. The van der Waals surface area contributed by atoms with Crippen LogP contribution in [0.15, 0.2) is 188 Å². The fraction of sp³-hybridized carbons (Fsp3) is 0. The van der Waals surface area contributed by atoms with Crippen molar-refractivity contribution in [1.82, 2.24) is 19.5 Å². The van der Waals surface area contributed by atoms with Crippen LogP contribution < -0.4 is 4.90 Å². The number of benzene rings is 7. The van der Waals surface area contributed by atoms with Crippen molar-refractivity contribution in [1.29, 1.82) is 0 Å². The number of para-hydroxylation sites is 2. The minimum Gasteiger partial charge on any atom is -0.310 e. The third-order valence-corrected chi connectivity index (χ3v) is 9.05. The van der Waals surface area contributed by atoms with Crippen LogP contribution in [0.3, 0.4) is 0 Å². The quantitative estimate of drug-likeness (QED) is 0.174. The molecule has 2 heterocycles. The Hall–Kier alpha value is -6.85. The highest BCUT2D eigenvalue weighted by Gasteiger charge is 2.20. The lowest BCUT2D eigenvalue weighted by Gasteiger charge is -2.26. The van der Waals surface area contributed by atoms with Gasteiger partial charge >= 0.3 is 0 Å². The molecule has 0 aliphatic carbocycles. The smallest absolute Gasteiger partial charge is 0.238 e. The van der Waals surface area contributed by atoms with Crippen molar-refractivity contribution < 1.29 is 0 Å². The van der Waals surface area contributed by atoms with Gasteiger partial charge in [-0.25, -0.2) is 4.98 Å². The Morgan fingerprint density at radius 2 is 0.800 bits per heavy atom. The van der Waals surface area contributed by atoms with Crippen LogP contribution in [0.25, 0.3) is 61.7 Å². The molecule has 236 valence electrons. The van der Waals surface area contributed by atoms with Gasteiger partial charge in [0.15, 0.2) is 11.6 Å². The van der Waals surface area contributed by atoms with Crippen LogP contribution in [0.1, 0.15) is 0 Å². The maximum absolute atomic E-state index is 5.09. The number of hydrogen-bond donors (Lipinski definition) is 0. The molecule has 0 atom stereocenters. The molecule has 0 radical (unpaired) electrons. The first-order chi connectivity index (χ1) is 24.8. The van der Waals surface area contributed by atoms with Crippen LogP contribution >= 0.6 is 0 Å². The molecule has 50 heavy (non-hydrogen) atoms. The maximum Gasteiger partial charge on any atom is 0.238 e. The van der Waals surface area contributed by atoms with Gasteiger partial charge in [0.25, 0.3) is 0 Å². The van der Waals surface area contributed by atoms with Crippen molar-refractivity contribution in [2.75, 3.05) is 4.90 Å². The number of hydrogen-bond acceptors (Lipinski definition) is 4. The van der Waals surface area contributed by atoms with Crippen molar-refractivity contribution in [2.45, 2.75) is 0 Å². The van der Waals surface area contributed by atoms with Gasteiger partial charge in [0, 0.05) is 39.0 Å². The van der Waals surface area contributed by atoms with Crippen molar-refractivity contribution in [3.8, 4) is 39.9 Å². The Labute approximate surface area is 290 Å². The van der Waals surface area contributed by atoms with E-state index in [1.165, 1.54) is 11.1 Å². The van der Waals surface area contributed by atoms with E-state index in [0.717, 1.165) is 50.0 Å². The van der Waals surface area contributed by atoms with E-state index in [0.29, 0.717) is 17.6 Å². The van der Waals surface area contributed by atoms with E-state index in [1.807, 2.05) is 66.7 Å². The molecule has 0 saturated heterocycles. The molecule has 0 unspecified atom stereocenters. The first-order valence-corrected chi connectivity index (χ1v) is 16.7. The normalized spacial score (nSPS) is 11.2. The Kier molecular flexibility index (Phi) is 7.41. The summed E-state index contributed by atoms with van der Waals surface area (Å²) >= 11 is 0. The average Bonchev–Trinajstić information content (AvgIpc) is 3.53. The van der Waals surface area contributed by atoms with Crippen molar-refractivity contribution >= 4 is 38.9 Å². The van der Waals surface area contributed by atoms with Crippen LogP contribution in [-0.2, 0) is 0 Å². The van der Waals surface area contributed by atoms with Gasteiger partial charge in [-0.05, 0) is 59.7 Å². The molecule has 5 nitrogen and oxygen atoms in total. The number of rotatable bonds is 7. The SMILES string of the molecule is c1ccc(-c2ccc(N(c3ccccc3)c3ccc4c(c3)c3ccccc3n4-c3nc(-c4ccccc4)nc(-c4ccccc4)n3)cc2)cc1.